The number of carbonyl (C=O) groups is 1. The Morgan fingerprint density at radius 1 is 1.03 bits per heavy atom. The van der Waals surface area contributed by atoms with Crippen LogP contribution in [-0.4, -0.2) is 31.7 Å². The second-order valence-electron chi connectivity index (χ2n) is 7.62. The van der Waals surface area contributed by atoms with E-state index in [4.69, 9.17) is 0 Å². The van der Waals surface area contributed by atoms with Gasteiger partial charge in [0.15, 0.2) is 0 Å². The molecule has 0 heterocycles. The number of hydrogen-bond donors (Lipinski definition) is 2. The Labute approximate surface area is 200 Å². The highest BCUT2D eigenvalue weighted by atomic mass is 32.2. The molecule has 0 saturated heterocycles. The van der Waals surface area contributed by atoms with E-state index in [2.05, 4.69) is 10.5 Å². The standard InChI is InChI=1S/C24H22F3N3O4S/c1-16-10-12-20(13-11-16)35(33,34)30(19-7-5-6-18(14-19)24(25,26)27)15-23(32)29-28-17(2)21-8-3-4-9-22(21)31/h3-14,31H,15H2,1-2H3,(H,29,32)/b28-17-. The number of nitrogens with zero attached hydrogens (tertiary/aromatic N) is 2. The van der Waals surface area contributed by atoms with E-state index in [9.17, 15) is 31.5 Å². The first-order valence-corrected chi connectivity index (χ1v) is 11.7. The number of benzene rings is 3. The van der Waals surface area contributed by atoms with Crippen molar-refractivity contribution in [1.82, 2.24) is 5.43 Å². The Balaban J connectivity index is 1.96. The molecule has 0 aromatic heterocycles. The zero-order chi connectivity index (χ0) is 25.8. The number of aryl methyl sites for hydroxylation is 1. The summed E-state index contributed by atoms with van der Waals surface area (Å²) in [6.45, 7) is 2.43. The fourth-order valence-electron chi connectivity index (χ4n) is 3.14. The molecule has 7 nitrogen and oxygen atoms in total. The van der Waals surface area contributed by atoms with Crippen molar-refractivity contribution in [3.05, 3.63) is 89.5 Å². The van der Waals surface area contributed by atoms with Crippen LogP contribution in [0.2, 0.25) is 0 Å². The zero-order valence-electron chi connectivity index (χ0n) is 18.7. The van der Waals surface area contributed by atoms with E-state index in [0.29, 0.717) is 15.9 Å². The second kappa shape index (κ2) is 10.2. The maximum absolute atomic E-state index is 13.3. The number of sulfonamides is 1. The average Bonchev–Trinajstić information content (AvgIpc) is 2.81. The summed E-state index contributed by atoms with van der Waals surface area (Å²) in [5.41, 5.74) is 2.16. The Bertz CT molecular complexity index is 1350. The normalized spacial score (nSPS) is 12.3. The molecule has 184 valence electrons. The van der Waals surface area contributed by atoms with Crippen molar-refractivity contribution in [3.8, 4) is 5.75 Å². The van der Waals surface area contributed by atoms with Crippen LogP contribution in [0.1, 0.15) is 23.6 Å². The summed E-state index contributed by atoms with van der Waals surface area (Å²) in [4.78, 5) is 12.5. The third kappa shape index (κ3) is 6.18. The molecule has 3 aromatic rings. The number of hydrogen-bond acceptors (Lipinski definition) is 5. The van der Waals surface area contributed by atoms with Crippen molar-refractivity contribution in [2.45, 2.75) is 24.9 Å². The Morgan fingerprint density at radius 3 is 2.31 bits per heavy atom. The van der Waals surface area contributed by atoms with Crippen LogP contribution in [0, 0.1) is 6.92 Å². The lowest BCUT2D eigenvalue weighted by Gasteiger charge is -2.24. The van der Waals surface area contributed by atoms with Gasteiger partial charge < -0.3 is 5.11 Å². The van der Waals surface area contributed by atoms with E-state index in [1.54, 1.807) is 25.1 Å². The second-order valence-corrected chi connectivity index (χ2v) is 9.48. The smallest absolute Gasteiger partial charge is 0.416 e. The largest absolute Gasteiger partial charge is 0.507 e. The van der Waals surface area contributed by atoms with Crippen molar-refractivity contribution in [3.63, 3.8) is 0 Å². The first-order chi connectivity index (χ1) is 16.4. The number of phenolic OH excluding ortho intramolecular Hbond substituents is 1. The first-order valence-electron chi connectivity index (χ1n) is 10.3. The van der Waals surface area contributed by atoms with Crippen LogP contribution in [0.5, 0.6) is 5.75 Å². The van der Waals surface area contributed by atoms with Gasteiger partial charge >= 0.3 is 6.18 Å². The fourth-order valence-corrected chi connectivity index (χ4v) is 4.55. The summed E-state index contributed by atoms with van der Waals surface area (Å²) in [6.07, 6.45) is -4.71. The van der Waals surface area contributed by atoms with Crippen molar-refractivity contribution < 1.29 is 31.5 Å². The molecule has 35 heavy (non-hydrogen) atoms. The minimum absolute atomic E-state index is 0.0736. The predicted octanol–water partition coefficient (Wildman–Crippen LogP) is 4.46. The minimum atomic E-state index is -4.71. The highest BCUT2D eigenvalue weighted by Crippen LogP contribution is 2.33. The molecule has 3 rings (SSSR count). The summed E-state index contributed by atoms with van der Waals surface area (Å²) < 4.78 is 67.1. The summed E-state index contributed by atoms with van der Waals surface area (Å²) >= 11 is 0. The fraction of sp³-hybridized carbons (Fsp3) is 0.167. The molecule has 0 radical (unpaired) electrons. The van der Waals surface area contributed by atoms with Gasteiger partial charge in [0, 0.05) is 5.56 Å². The number of para-hydroxylation sites is 1. The van der Waals surface area contributed by atoms with Crippen LogP contribution in [0.3, 0.4) is 0 Å². The van der Waals surface area contributed by atoms with Gasteiger partial charge in [-0.2, -0.15) is 18.3 Å². The monoisotopic (exact) mass is 505 g/mol. The highest BCUT2D eigenvalue weighted by Gasteiger charge is 2.33. The highest BCUT2D eigenvalue weighted by molar-refractivity contribution is 7.92. The van der Waals surface area contributed by atoms with Gasteiger partial charge in [-0.15, -0.1) is 0 Å². The quantitative estimate of drug-likeness (QED) is 0.366. The van der Waals surface area contributed by atoms with Crippen molar-refractivity contribution >= 4 is 27.3 Å². The number of rotatable bonds is 7. The molecule has 0 aliphatic heterocycles. The number of nitrogens with one attached hydrogen (secondary N) is 1. The van der Waals surface area contributed by atoms with Crippen molar-refractivity contribution in [2.75, 3.05) is 10.8 Å². The molecule has 11 heteroatoms. The topological polar surface area (TPSA) is 99.1 Å². The SMILES string of the molecule is C/C(=N/NC(=O)CN(c1cccc(C(F)(F)F)c1)S(=O)(=O)c1ccc(C)cc1)c1ccccc1O. The van der Waals surface area contributed by atoms with Gasteiger partial charge in [0.25, 0.3) is 15.9 Å². The Kier molecular flexibility index (Phi) is 7.49. The lowest BCUT2D eigenvalue weighted by atomic mass is 10.1. The van der Waals surface area contributed by atoms with Crippen LogP contribution in [0.4, 0.5) is 18.9 Å². The maximum Gasteiger partial charge on any atom is 0.416 e. The molecule has 0 aliphatic rings. The lowest BCUT2D eigenvalue weighted by Crippen LogP contribution is -2.40. The van der Waals surface area contributed by atoms with Crippen LogP contribution >= 0.6 is 0 Å². The summed E-state index contributed by atoms with van der Waals surface area (Å²) in [6, 6.07) is 15.7. The molecule has 0 spiro atoms. The van der Waals surface area contributed by atoms with Gasteiger partial charge in [0.2, 0.25) is 0 Å². The van der Waals surface area contributed by atoms with E-state index in [1.807, 2.05) is 0 Å². The van der Waals surface area contributed by atoms with Gasteiger partial charge in [-0.1, -0.05) is 35.9 Å². The van der Waals surface area contributed by atoms with E-state index >= 15 is 0 Å². The zero-order valence-corrected chi connectivity index (χ0v) is 19.6. The molecule has 2 N–H and O–H groups in total. The number of aromatic hydroxyl groups is 1. The van der Waals surface area contributed by atoms with Gasteiger partial charge in [-0.25, -0.2) is 13.8 Å². The minimum Gasteiger partial charge on any atom is -0.507 e. The third-order valence-electron chi connectivity index (χ3n) is 5.00. The van der Waals surface area contributed by atoms with Gasteiger partial charge in [0.1, 0.15) is 12.3 Å². The molecular weight excluding hydrogens is 483 g/mol. The van der Waals surface area contributed by atoms with Crippen LogP contribution in [-0.2, 0) is 21.0 Å². The van der Waals surface area contributed by atoms with Crippen LogP contribution < -0.4 is 9.73 Å². The van der Waals surface area contributed by atoms with E-state index < -0.39 is 34.2 Å². The summed E-state index contributed by atoms with van der Waals surface area (Å²) in [5, 5.41) is 13.8. The molecular formula is C24H22F3N3O4S. The molecule has 0 saturated carbocycles. The first kappa shape index (κ1) is 25.8. The van der Waals surface area contributed by atoms with Crippen molar-refractivity contribution in [1.29, 1.82) is 0 Å². The summed E-state index contributed by atoms with van der Waals surface area (Å²) in [7, 11) is -4.41. The van der Waals surface area contributed by atoms with Crippen molar-refractivity contribution in [2.24, 2.45) is 5.10 Å². The number of phenols is 1. The summed E-state index contributed by atoms with van der Waals surface area (Å²) in [5.74, 6) is -0.969. The molecule has 0 aliphatic carbocycles. The van der Waals surface area contributed by atoms with E-state index in [1.165, 1.54) is 43.3 Å². The number of alkyl halides is 3. The molecule has 3 aromatic carbocycles. The third-order valence-corrected chi connectivity index (χ3v) is 6.79. The maximum atomic E-state index is 13.3. The van der Waals surface area contributed by atoms with E-state index in [-0.39, 0.29) is 22.0 Å². The molecule has 0 atom stereocenters. The van der Waals surface area contributed by atoms with Crippen LogP contribution in [0.15, 0.2) is 82.8 Å². The number of anilines is 1. The number of carbonyl (C=O) groups excluding carboxylic acids is 1. The van der Waals surface area contributed by atoms with E-state index in [0.717, 1.165) is 17.7 Å². The Hall–Kier alpha value is -3.86. The number of amides is 1. The van der Waals surface area contributed by atoms with Gasteiger partial charge in [-0.3, -0.25) is 9.10 Å². The number of halogens is 3. The molecule has 0 unspecified atom stereocenters. The predicted molar refractivity (Wildman–Crippen MR) is 126 cm³/mol. The van der Waals surface area contributed by atoms with Gasteiger partial charge in [0.05, 0.1) is 21.9 Å². The molecule has 0 fully saturated rings. The lowest BCUT2D eigenvalue weighted by molar-refractivity contribution is -0.137. The molecule has 1 amide bonds. The molecule has 0 bridgehead atoms. The number of hydrazone groups is 1. The Morgan fingerprint density at radius 2 is 1.69 bits per heavy atom. The van der Waals surface area contributed by atoms with Gasteiger partial charge in [-0.05, 0) is 56.3 Å². The van der Waals surface area contributed by atoms with Crippen LogP contribution in [0.25, 0.3) is 0 Å². The average molecular weight is 506 g/mol.